The third kappa shape index (κ3) is 2.46. The van der Waals surface area contributed by atoms with Crippen LogP contribution in [0.2, 0.25) is 0 Å². The summed E-state index contributed by atoms with van der Waals surface area (Å²) in [6.07, 6.45) is 0. The molecule has 1 N–H and O–H groups in total. The molecule has 1 atom stereocenters. The average Bonchev–Trinajstić information content (AvgIpc) is 3.06. The Hall–Kier alpha value is -1.36. The highest BCUT2D eigenvalue weighted by molar-refractivity contribution is 7.27. The summed E-state index contributed by atoms with van der Waals surface area (Å²) in [4.78, 5) is 1.35. The summed E-state index contributed by atoms with van der Waals surface area (Å²) in [6, 6.07) is 12.9. The number of hydrogen-bond donors (Lipinski definition) is 1. The van der Waals surface area contributed by atoms with Crippen molar-refractivity contribution in [3.05, 3.63) is 52.2 Å². The first-order valence-electron chi connectivity index (χ1n) is 6.66. The second kappa shape index (κ2) is 5.95. The zero-order valence-electron chi connectivity index (χ0n) is 11.6. The van der Waals surface area contributed by atoms with Gasteiger partial charge < -0.3 is 10.1 Å². The molecule has 0 radical (unpaired) electrons. The Balaban J connectivity index is 2.06. The van der Waals surface area contributed by atoms with Crippen LogP contribution in [0.25, 0.3) is 9.40 Å². The SMILES string of the molecule is CCNC(c1cc2sccc2s1)c1ccccc1OC. The highest BCUT2D eigenvalue weighted by Crippen LogP contribution is 2.38. The van der Waals surface area contributed by atoms with E-state index in [9.17, 15) is 0 Å². The van der Waals surface area contributed by atoms with Gasteiger partial charge in [0.15, 0.2) is 0 Å². The van der Waals surface area contributed by atoms with Gasteiger partial charge in [-0.2, -0.15) is 0 Å². The molecule has 0 fully saturated rings. The summed E-state index contributed by atoms with van der Waals surface area (Å²) >= 11 is 3.66. The summed E-state index contributed by atoms with van der Waals surface area (Å²) in [5.41, 5.74) is 1.20. The van der Waals surface area contributed by atoms with Crippen molar-refractivity contribution in [1.82, 2.24) is 5.32 Å². The van der Waals surface area contributed by atoms with Crippen LogP contribution in [0.1, 0.15) is 23.4 Å². The fourth-order valence-electron chi connectivity index (χ4n) is 2.40. The average molecular weight is 303 g/mol. The van der Waals surface area contributed by atoms with Gasteiger partial charge in [-0.3, -0.25) is 0 Å². The molecule has 2 aromatic heterocycles. The predicted molar refractivity (Wildman–Crippen MR) is 88.2 cm³/mol. The maximum Gasteiger partial charge on any atom is 0.124 e. The molecule has 104 valence electrons. The molecular formula is C16H17NOS2. The molecule has 3 aromatic rings. The molecule has 4 heteroatoms. The minimum Gasteiger partial charge on any atom is -0.496 e. The fraction of sp³-hybridized carbons (Fsp3) is 0.250. The predicted octanol–water partition coefficient (Wildman–Crippen LogP) is 4.67. The lowest BCUT2D eigenvalue weighted by Gasteiger charge is -2.19. The maximum atomic E-state index is 5.52. The lowest BCUT2D eigenvalue weighted by atomic mass is 10.0. The van der Waals surface area contributed by atoms with E-state index in [1.165, 1.54) is 19.8 Å². The van der Waals surface area contributed by atoms with E-state index < -0.39 is 0 Å². The van der Waals surface area contributed by atoms with Crippen molar-refractivity contribution in [2.45, 2.75) is 13.0 Å². The summed E-state index contributed by atoms with van der Waals surface area (Å²) in [6.45, 7) is 3.06. The first kappa shape index (κ1) is 13.6. The number of nitrogens with one attached hydrogen (secondary N) is 1. The van der Waals surface area contributed by atoms with Gasteiger partial charge in [-0.1, -0.05) is 25.1 Å². The molecule has 0 saturated carbocycles. The van der Waals surface area contributed by atoms with E-state index in [1.54, 1.807) is 18.4 Å². The van der Waals surface area contributed by atoms with Crippen LogP contribution < -0.4 is 10.1 Å². The van der Waals surface area contributed by atoms with E-state index in [-0.39, 0.29) is 6.04 Å². The highest BCUT2D eigenvalue weighted by Gasteiger charge is 2.19. The molecular weight excluding hydrogens is 286 g/mol. The van der Waals surface area contributed by atoms with Gasteiger partial charge in [0.2, 0.25) is 0 Å². The Morgan fingerprint density at radius 2 is 2.05 bits per heavy atom. The van der Waals surface area contributed by atoms with Crippen molar-refractivity contribution >= 4 is 32.1 Å². The molecule has 0 saturated heterocycles. The van der Waals surface area contributed by atoms with E-state index in [0.29, 0.717) is 0 Å². The van der Waals surface area contributed by atoms with E-state index in [0.717, 1.165) is 12.3 Å². The number of rotatable bonds is 5. The molecule has 3 rings (SSSR count). The normalized spacial score (nSPS) is 12.7. The van der Waals surface area contributed by atoms with Crippen molar-refractivity contribution in [3.63, 3.8) is 0 Å². The molecule has 0 aliphatic rings. The van der Waals surface area contributed by atoms with Gasteiger partial charge in [0.1, 0.15) is 5.75 Å². The molecule has 0 amide bonds. The van der Waals surface area contributed by atoms with E-state index in [4.69, 9.17) is 4.74 Å². The van der Waals surface area contributed by atoms with Crippen LogP contribution >= 0.6 is 22.7 Å². The fourth-order valence-corrected chi connectivity index (χ4v) is 4.61. The van der Waals surface area contributed by atoms with Crippen molar-refractivity contribution in [1.29, 1.82) is 0 Å². The van der Waals surface area contributed by atoms with Crippen LogP contribution in [0, 0.1) is 0 Å². The zero-order chi connectivity index (χ0) is 13.9. The quantitative estimate of drug-likeness (QED) is 0.739. The van der Waals surface area contributed by atoms with Crippen LogP contribution in [0.3, 0.4) is 0 Å². The standard InChI is InChI=1S/C16H17NOS2/c1-3-17-16(11-6-4-5-7-12(11)18-2)15-10-14-13(20-15)8-9-19-14/h4-10,16-17H,3H2,1-2H3. The van der Waals surface area contributed by atoms with Crippen LogP contribution in [0.15, 0.2) is 41.8 Å². The van der Waals surface area contributed by atoms with E-state index >= 15 is 0 Å². The number of fused-ring (bicyclic) bond motifs is 1. The summed E-state index contributed by atoms with van der Waals surface area (Å²) in [7, 11) is 1.73. The molecule has 0 aliphatic heterocycles. The van der Waals surface area contributed by atoms with Gasteiger partial charge in [0, 0.05) is 19.8 Å². The second-order valence-corrected chi connectivity index (χ2v) is 6.59. The maximum absolute atomic E-state index is 5.52. The van der Waals surface area contributed by atoms with Gasteiger partial charge in [-0.05, 0) is 30.1 Å². The summed E-state index contributed by atoms with van der Waals surface area (Å²) in [5.74, 6) is 0.940. The number of ether oxygens (including phenoxy) is 1. The molecule has 2 heterocycles. The molecule has 1 aromatic carbocycles. The van der Waals surface area contributed by atoms with Crippen molar-refractivity contribution in [2.75, 3.05) is 13.7 Å². The van der Waals surface area contributed by atoms with Crippen molar-refractivity contribution in [2.24, 2.45) is 0 Å². The summed E-state index contributed by atoms with van der Waals surface area (Å²) < 4.78 is 8.24. The van der Waals surface area contributed by atoms with Crippen LogP contribution in [0.5, 0.6) is 5.75 Å². The Morgan fingerprint density at radius 3 is 2.80 bits per heavy atom. The number of para-hydroxylation sites is 1. The molecule has 0 bridgehead atoms. The largest absolute Gasteiger partial charge is 0.496 e. The molecule has 0 spiro atoms. The number of methoxy groups -OCH3 is 1. The lowest BCUT2D eigenvalue weighted by Crippen LogP contribution is -2.21. The smallest absolute Gasteiger partial charge is 0.124 e. The van der Waals surface area contributed by atoms with Gasteiger partial charge >= 0.3 is 0 Å². The van der Waals surface area contributed by atoms with Crippen LogP contribution in [-0.4, -0.2) is 13.7 Å². The van der Waals surface area contributed by atoms with Gasteiger partial charge in [-0.15, -0.1) is 22.7 Å². The number of thiophene rings is 2. The highest BCUT2D eigenvalue weighted by atomic mass is 32.1. The molecule has 20 heavy (non-hydrogen) atoms. The molecule has 0 aliphatic carbocycles. The second-order valence-electron chi connectivity index (χ2n) is 4.53. The van der Waals surface area contributed by atoms with Crippen molar-refractivity contribution in [3.8, 4) is 5.75 Å². The van der Waals surface area contributed by atoms with Gasteiger partial charge in [0.05, 0.1) is 13.2 Å². The van der Waals surface area contributed by atoms with Crippen LogP contribution in [-0.2, 0) is 0 Å². The Morgan fingerprint density at radius 1 is 1.20 bits per heavy atom. The first-order chi connectivity index (χ1) is 9.83. The Bertz CT molecular complexity index is 673. The molecule has 1 unspecified atom stereocenters. The van der Waals surface area contributed by atoms with Crippen molar-refractivity contribution < 1.29 is 4.74 Å². The molecule has 2 nitrogen and oxygen atoms in total. The summed E-state index contributed by atoms with van der Waals surface area (Å²) in [5, 5.41) is 5.72. The van der Waals surface area contributed by atoms with E-state index in [2.05, 4.69) is 41.9 Å². The van der Waals surface area contributed by atoms with E-state index in [1.807, 2.05) is 23.5 Å². The Kier molecular flexibility index (Phi) is 4.05. The minimum absolute atomic E-state index is 0.195. The van der Waals surface area contributed by atoms with Gasteiger partial charge in [-0.25, -0.2) is 0 Å². The van der Waals surface area contributed by atoms with Crippen LogP contribution in [0.4, 0.5) is 0 Å². The minimum atomic E-state index is 0.195. The Labute approximate surface area is 127 Å². The number of benzene rings is 1. The monoisotopic (exact) mass is 303 g/mol. The lowest BCUT2D eigenvalue weighted by molar-refractivity contribution is 0.404. The van der Waals surface area contributed by atoms with Gasteiger partial charge in [0.25, 0.3) is 0 Å². The third-order valence-electron chi connectivity index (χ3n) is 3.30. The topological polar surface area (TPSA) is 21.3 Å². The third-order valence-corrected chi connectivity index (χ3v) is 5.46. The zero-order valence-corrected chi connectivity index (χ0v) is 13.2. The first-order valence-corrected chi connectivity index (χ1v) is 8.36. The number of hydrogen-bond acceptors (Lipinski definition) is 4.